The van der Waals surface area contributed by atoms with Gasteiger partial charge in [0.15, 0.2) is 0 Å². The van der Waals surface area contributed by atoms with Gasteiger partial charge in [0.05, 0.1) is 11.3 Å². The molecule has 0 amide bonds. The maximum absolute atomic E-state index is 12.6. The van der Waals surface area contributed by atoms with Gasteiger partial charge >= 0.3 is 6.18 Å². The molecule has 0 fully saturated rings. The van der Waals surface area contributed by atoms with Crippen molar-refractivity contribution < 1.29 is 18.3 Å². The molecule has 0 aliphatic heterocycles. The predicted molar refractivity (Wildman–Crippen MR) is 63.5 cm³/mol. The molecule has 0 aliphatic carbocycles. The number of nitrogens with zero attached hydrogens (tertiary/aromatic N) is 2. The molecule has 2 rings (SSSR count). The van der Waals surface area contributed by atoms with E-state index >= 15 is 0 Å². The lowest BCUT2D eigenvalue weighted by Gasteiger charge is -2.16. The van der Waals surface area contributed by atoms with Crippen LogP contribution >= 0.6 is 0 Å². The van der Waals surface area contributed by atoms with Crippen LogP contribution in [0.3, 0.4) is 0 Å². The molecular formula is C13H13F3N2O. The summed E-state index contributed by atoms with van der Waals surface area (Å²) in [5, 5.41) is 14.1. The Kier molecular flexibility index (Phi) is 3.36. The molecule has 1 unspecified atom stereocenters. The summed E-state index contributed by atoms with van der Waals surface area (Å²) in [6.45, 7) is 1.55. The average Bonchev–Trinajstić information content (AvgIpc) is 2.73. The molecular weight excluding hydrogens is 257 g/mol. The van der Waals surface area contributed by atoms with E-state index in [9.17, 15) is 18.3 Å². The molecule has 1 aromatic carbocycles. The van der Waals surface area contributed by atoms with Crippen LogP contribution in [0.25, 0.3) is 0 Å². The normalized spacial score (nSPS) is 13.6. The monoisotopic (exact) mass is 270 g/mol. The maximum atomic E-state index is 12.6. The van der Waals surface area contributed by atoms with Crippen molar-refractivity contribution >= 4 is 0 Å². The molecule has 1 heterocycles. The summed E-state index contributed by atoms with van der Waals surface area (Å²) in [5.41, 5.74) is 0.647. The van der Waals surface area contributed by atoms with E-state index in [1.54, 1.807) is 20.0 Å². The molecule has 6 heteroatoms. The topological polar surface area (TPSA) is 38.1 Å². The fourth-order valence-corrected chi connectivity index (χ4v) is 1.97. The molecule has 2 aromatic rings. The summed E-state index contributed by atoms with van der Waals surface area (Å²) >= 11 is 0. The number of aromatic nitrogens is 2. The van der Waals surface area contributed by atoms with Gasteiger partial charge in [0.1, 0.15) is 6.10 Å². The molecule has 1 aromatic heterocycles. The van der Waals surface area contributed by atoms with Crippen molar-refractivity contribution in [3.63, 3.8) is 0 Å². The summed E-state index contributed by atoms with van der Waals surface area (Å²) in [5.74, 6) is 0. The van der Waals surface area contributed by atoms with E-state index in [0.717, 1.165) is 12.1 Å². The number of rotatable bonds is 2. The summed E-state index contributed by atoms with van der Waals surface area (Å²) in [6, 6.07) is 4.94. The molecule has 0 aliphatic rings. The molecule has 0 saturated heterocycles. The quantitative estimate of drug-likeness (QED) is 0.911. The minimum atomic E-state index is -4.37. The molecule has 0 saturated carbocycles. The van der Waals surface area contributed by atoms with Crippen LogP contribution in [0.5, 0.6) is 0 Å². The SMILES string of the molecule is Cc1cc(C(F)(F)F)ccc1C(O)c1ccnn1C. The average molecular weight is 270 g/mol. The summed E-state index contributed by atoms with van der Waals surface area (Å²) in [7, 11) is 1.66. The van der Waals surface area contributed by atoms with Gasteiger partial charge in [-0.3, -0.25) is 4.68 Å². The third-order valence-corrected chi connectivity index (χ3v) is 3.03. The minimum absolute atomic E-state index is 0.392. The Bertz CT molecular complexity index is 590. The Hall–Kier alpha value is -1.82. The van der Waals surface area contributed by atoms with Gasteiger partial charge in [-0.05, 0) is 36.2 Å². The number of aliphatic hydroxyl groups is 1. The number of aryl methyl sites for hydroxylation is 2. The third-order valence-electron chi connectivity index (χ3n) is 3.03. The first-order chi connectivity index (χ1) is 8.80. The third kappa shape index (κ3) is 2.63. The molecule has 0 spiro atoms. The van der Waals surface area contributed by atoms with Crippen LogP contribution in [0.1, 0.15) is 28.5 Å². The zero-order valence-corrected chi connectivity index (χ0v) is 10.4. The Morgan fingerprint density at radius 2 is 1.95 bits per heavy atom. The summed E-state index contributed by atoms with van der Waals surface area (Å²) < 4.78 is 39.2. The van der Waals surface area contributed by atoms with Gasteiger partial charge in [0.25, 0.3) is 0 Å². The fraction of sp³-hybridized carbons (Fsp3) is 0.308. The Morgan fingerprint density at radius 1 is 1.26 bits per heavy atom. The van der Waals surface area contributed by atoms with Crippen LogP contribution in [0.15, 0.2) is 30.5 Å². The van der Waals surface area contributed by atoms with Crippen molar-refractivity contribution in [3.05, 3.63) is 52.8 Å². The van der Waals surface area contributed by atoms with Gasteiger partial charge in [0, 0.05) is 13.2 Å². The van der Waals surface area contributed by atoms with E-state index in [2.05, 4.69) is 5.10 Å². The highest BCUT2D eigenvalue weighted by molar-refractivity contribution is 5.37. The van der Waals surface area contributed by atoms with Crippen molar-refractivity contribution in [1.82, 2.24) is 9.78 Å². The molecule has 19 heavy (non-hydrogen) atoms. The standard InChI is InChI=1S/C13H13F3N2O/c1-8-7-9(13(14,15)16)3-4-10(8)12(19)11-5-6-17-18(11)2/h3-7,12,19H,1-2H3. The van der Waals surface area contributed by atoms with Crippen LogP contribution in [0, 0.1) is 6.92 Å². The van der Waals surface area contributed by atoms with E-state index in [-0.39, 0.29) is 0 Å². The molecule has 1 N–H and O–H groups in total. The zero-order chi connectivity index (χ0) is 14.2. The van der Waals surface area contributed by atoms with Gasteiger partial charge in [-0.1, -0.05) is 6.07 Å². The van der Waals surface area contributed by atoms with Gasteiger partial charge in [-0.15, -0.1) is 0 Å². The van der Waals surface area contributed by atoms with E-state index in [1.807, 2.05) is 0 Å². The van der Waals surface area contributed by atoms with Crippen LogP contribution in [0.2, 0.25) is 0 Å². The lowest BCUT2D eigenvalue weighted by Crippen LogP contribution is -2.10. The van der Waals surface area contributed by atoms with Gasteiger partial charge in [-0.2, -0.15) is 18.3 Å². The predicted octanol–water partition coefficient (Wildman–Crippen LogP) is 2.83. The number of hydrogen-bond acceptors (Lipinski definition) is 2. The highest BCUT2D eigenvalue weighted by Gasteiger charge is 2.31. The number of hydrogen-bond donors (Lipinski definition) is 1. The molecule has 102 valence electrons. The Labute approximate surface area is 108 Å². The van der Waals surface area contributed by atoms with Crippen molar-refractivity contribution in [1.29, 1.82) is 0 Å². The molecule has 0 bridgehead atoms. The molecule has 1 atom stereocenters. The first kappa shape index (κ1) is 13.6. The van der Waals surface area contributed by atoms with Crippen molar-refractivity contribution in [2.24, 2.45) is 7.05 Å². The second kappa shape index (κ2) is 4.70. The van der Waals surface area contributed by atoms with Crippen LogP contribution < -0.4 is 0 Å². The zero-order valence-electron chi connectivity index (χ0n) is 10.4. The highest BCUT2D eigenvalue weighted by atomic mass is 19.4. The number of aliphatic hydroxyl groups excluding tert-OH is 1. The second-order valence-corrected chi connectivity index (χ2v) is 4.35. The smallest absolute Gasteiger partial charge is 0.382 e. The van der Waals surface area contributed by atoms with Crippen molar-refractivity contribution in [3.8, 4) is 0 Å². The van der Waals surface area contributed by atoms with Crippen LogP contribution in [0.4, 0.5) is 13.2 Å². The lowest BCUT2D eigenvalue weighted by atomic mass is 9.98. The largest absolute Gasteiger partial charge is 0.416 e. The first-order valence-corrected chi connectivity index (χ1v) is 5.64. The van der Waals surface area contributed by atoms with E-state index in [4.69, 9.17) is 0 Å². The van der Waals surface area contributed by atoms with Crippen LogP contribution in [-0.2, 0) is 13.2 Å². The van der Waals surface area contributed by atoms with Gasteiger partial charge in [-0.25, -0.2) is 0 Å². The van der Waals surface area contributed by atoms with Crippen LogP contribution in [-0.4, -0.2) is 14.9 Å². The maximum Gasteiger partial charge on any atom is 0.416 e. The summed E-state index contributed by atoms with van der Waals surface area (Å²) in [6.07, 6.45) is -3.84. The second-order valence-electron chi connectivity index (χ2n) is 4.35. The van der Waals surface area contributed by atoms with Crippen molar-refractivity contribution in [2.45, 2.75) is 19.2 Å². The van der Waals surface area contributed by atoms with Gasteiger partial charge < -0.3 is 5.11 Å². The van der Waals surface area contributed by atoms with E-state index in [1.165, 1.54) is 16.9 Å². The van der Waals surface area contributed by atoms with Crippen molar-refractivity contribution in [2.75, 3.05) is 0 Å². The van der Waals surface area contributed by atoms with E-state index < -0.39 is 17.8 Å². The van der Waals surface area contributed by atoms with Gasteiger partial charge in [0.2, 0.25) is 0 Å². The Balaban J connectivity index is 2.39. The Morgan fingerprint density at radius 3 is 2.42 bits per heavy atom. The fourth-order valence-electron chi connectivity index (χ4n) is 1.97. The number of alkyl halides is 3. The lowest BCUT2D eigenvalue weighted by molar-refractivity contribution is -0.137. The first-order valence-electron chi connectivity index (χ1n) is 5.64. The number of benzene rings is 1. The number of halogens is 3. The highest BCUT2D eigenvalue weighted by Crippen LogP contribution is 2.32. The van der Waals surface area contributed by atoms with E-state index in [0.29, 0.717) is 16.8 Å². The molecule has 0 radical (unpaired) electrons. The molecule has 3 nitrogen and oxygen atoms in total. The minimum Gasteiger partial charge on any atom is -0.382 e. The summed E-state index contributed by atoms with van der Waals surface area (Å²) in [4.78, 5) is 0.